The summed E-state index contributed by atoms with van der Waals surface area (Å²) < 4.78 is 32.3. The van der Waals surface area contributed by atoms with Gasteiger partial charge in [0, 0.05) is 11.6 Å². The molecule has 2 rings (SSSR count). The third-order valence-corrected chi connectivity index (χ3v) is 3.29. The largest absolute Gasteiger partial charge is 0.494 e. The molecule has 20 heavy (non-hydrogen) atoms. The third kappa shape index (κ3) is 3.14. The molecule has 0 spiro atoms. The van der Waals surface area contributed by atoms with Crippen molar-refractivity contribution in [3.63, 3.8) is 0 Å². The van der Waals surface area contributed by atoms with Gasteiger partial charge in [-0.1, -0.05) is 24.3 Å². The molecule has 0 aromatic heterocycles. The van der Waals surface area contributed by atoms with E-state index in [0.29, 0.717) is 12.0 Å². The predicted octanol–water partition coefficient (Wildman–Crippen LogP) is 3.48. The fourth-order valence-corrected chi connectivity index (χ4v) is 2.20. The lowest BCUT2D eigenvalue weighted by molar-refractivity contribution is 0.386. The van der Waals surface area contributed by atoms with Crippen LogP contribution in [0.5, 0.6) is 5.75 Å². The Bertz CT molecular complexity index is 586. The molecule has 1 atom stereocenters. The number of halogens is 2. The van der Waals surface area contributed by atoms with E-state index in [9.17, 15) is 8.78 Å². The van der Waals surface area contributed by atoms with Crippen molar-refractivity contribution in [3.05, 3.63) is 65.2 Å². The highest BCUT2D eigenvalue weighted by Crippen LogP contribution is 2.24. The minimum atomic E-state index is -0.409. The Morgan fingerprint density at radius 3 is 2.45 bits per heavy atom. The van der Waals surface area contributed by atoms with Crippen molar-refractivity contribution in [1.29, 1.82) is 0 Å². The van der Waals surface area contributed by atoms with Gasteiger partial charge in [-0.25, -0.2) is 8.78 Å². The van der Waals surface area contributed by atoms with Gasteiger partial charge in [-0.15, -0.1) is 0 Å². The maximum Gasteiger partial charge on any atom is 0.165 e. The highest BCUT2D eigenvalue weighted by Gasteiger charge is 2.15. The molecule has 2 nitrogen and oxygen atoms in total. The van der Waals surface area contributed by atoms with E-state index in [4.69, 9.17) is 4.74 Å². The number of rotatable bonds is 5. The second-order valence-corrected chi connectivity index (χ2v) is 4.54. The van der Waals surface area contributed by atoms with Gasteiger partial charge >= 0.3 is 0 Å². The monoisotopic (exact) mass is 277 g/mol. The van der Waals surface area contributed by atoms with E-state index in [1.807, 2.05) is 0 Å². The van der Waals surface area contributed by atoms with Crippen LogP contribution in [0.1, 0.15) is 17.2 Å². The van der Waals surface area contributed by atoms with E-state index in [1.165, 1.54) is 19.2 Å². The fourth-order valence-electron chi connectivity index (χ4n) is 2.20. The van der Waals surface area contributed by atoms with Crippen LogP contribution in [0.15, 0.2) is 42.5 Å². The average Bonchev–Trinajstić information content (AvgIpc) is 2.46. The minimum Gasteiger partial charge on any atom is -0.494 e. The molecule has 0 aliphatic heterocycles. The number of ether oxygens (including phenoxy) is 1. The van der Waals surface area contributed by atoms with E-state index in [0.717, 1.165) is 5.56 Å². The summed E-state index contributed by atoms with van der Waals surface area (Å²) in [4.78, 5) is 0. The van der Waals surface area contributed by atoms with Crippen LogP contribution in [0.3, 0.4) is 0 Å². The Balaban J connectivity index is 2.23. The Morgan fingerprint density at radius 2 is 1.85 bits per heavy atom. The van der Waals surface area contributed by atoms with E-state index < -0.39 is 5.82 Å². The molecule has 0 fully saturated rings. The van der Waals surface area contributed by atoms with Crippen LogP contribution in [0.2, 0.25) is 0 Å². The van der Waals surface area contributed by atoms with Gasteiger partial charge in [0.1, 0.15) is 5.82 Å². The summed E-state index contributed by atoms with van der Waals surface area (Å²) in [5, 5.41) is 3.06. The van der Waals surface area contributed by atoms with Crippen LogP contribution in [-0.2, 0) is 6.42 Å². The molecule has 0 heterocycles. The molecular formula is C16H17F2NO. The summed E-state index contributed by atoms with van der Waals surface area (Å²) in [6, 6.07) is 11.2. The smallest absolute Gasteiger partial charge is 0.165 e. The minimum absolute atomic E-state index is 0.205. The van der Waals surface area contributed by atoms with Crippen molar-refractivity contribution in [2.45, 2.75) is 12.5 Å². The van der Waals surface area contributed by atoms with Crippen molar-refractivity contribution in [2.75, 3.05) is 14.2 Å². The Labute approximate surface area is 117 Å². The Hall–Kier alpha value is -1.94. The zero-order chi connectivity index (χ0) is 14.5. The first-order valence-electron chi connectivity index (χ1n) is 6.39. The topological polar surface area (TPSA) is 21.3 Å². The van der Waals surface area contributed by atoms with Gasteiger partial charge in [-0.2, -0.15) is 0 Å². The molecule has 1 unspecified atom stereocenters. The summed E-state index contributed by atoms with van der Waals surface area (Å²) in [5.41, 5.74) is 1.36. The Kier molecular flexibility index (Phi) is 4.69. The Morgan fingerprint density at radius 1 is 1.10 bits per heavy atom. The van der Waals surface area contributed by atoms with E-state index in [2.05, 4.69) is 5.32 Å². The van der Waals surface area contributed by atoms with Gasteiger partial charge in [-0.3, -0.25) is 0 Å². The van der Waals surface area contributed by atoms with Gasteiger partial charge in [0.2, 0.25) is 0 Å². The number of likely N-dealkylation sites (N-methyl/N-ethyl adjacent to an activating group) is 1. The molecule has 0 aliphatic rings. The van der Waals surface area contributed by atoms with Crippen molar-refractivity contribution in [2.24, 2.45) is 0 Å². The molecule has 0 amide bonds. The highest BCUT2D eigenvalue weighted by molar-refractivity contribution is 5.31. The molecule has 0 radical (unpaired) electrons. The molecule has 2 aromatic rings. The quantitative estimate of drug-likeness (QED) is 0.903. The van der Waals surface area contributed by atoms with E-state index in [1.54, 1.807) is 37.4 Å². The number of hydrogen-bond donors (Lipinski definition) is 1. The lowest BCUT2D eigenvalue weighted by atomic mass is 9.98. The maximum atomic E-state index is 13.8. The molecular weight excluding hydrogens is 260 g/mol. The van der Waals surface area contributed by atoms with Crippen LogP contribution in [0.4, 0.5) is 8.78 Å². The van der Waals surface area contributed by atoms with Crippen LogP contribution in [0, 0.1) is 11.6 Å². The number of methoxy groups -OCH3 is 1. The predicted molar refractivity (Wildman–Crippen MR) is 74.9 cm³/mol. The molecule has 106 valence electrons. The normalized spacial score (nSPS) is 12.2. The zero-order valence-electron chi connectivity index (χ0n) is 11.5. The SMILES string of the molecule is CNC(Cc1ccc(OC)c(F)c1)c1ccccc1F. The molecule has 1 N–H and O–H groups in total. The van der Waals surface area contributed by atoms with Crippen molar-refractivity contribution in [1.82, 2.24) is 5.32 Å². The number of benzene rings is 2. The molecule has 0 saturated carbocycles. The third-order valence-electron chi connectivity index (χ3n) is 3.29. The van der Waals surface area contributed by atoms with E-state index >= 15 is 0 Å². The van der Waals surface area contributed by atoms with Crippen LogP contribution in [-0.4, -0.2) is 14.2 Å². The van der Waals surface area contributed by atoms with Gasteiger partial charge in [0.15, 0.2) is 11.6 Å². The standard InChI is InChI=1S/C16H17F2NO/c1-19-15(12-5-3-4-6-13(12)17)10-11-7-8-16(20-2)14(18)9-11/h3-9,15,19H,10H2,1-2H3. The van der Waals surface area contributed by atoms with Crippen molar-refractivity contribution < 1.29 is 13.5 Å². The van der Waals surface area contributed by atoms with Crippen LogP contribution >= 0.6 is 0 Å². The first-order valence-corrected chi connectivity index (χ1v) is 6.39. The average molecular weight is 277 g/mol. The van der Waals surface area contributed by atoms with Crippen LogP contribution in [0.25, 0.3) is 0 Å². The molecule has 0 saturated heterocycles. The molecule has 2 aromatic carbocycles. The summed E-state index contributed by atoms with van der Waals surface area (Å²) >= 11 is 0. The second kappa shape index (κ2) is 6.48. The summed E-state index contributed by atoms with van der Waals surface area (Å²) in [5.74, 6) is -0.463. The maximum absolute atomic E-state index is 13.8. The first-order chi connectivity index (χ1) is 9.65. The van der Waals surface area contributed by atoms with Gasteiger partial charge < -0.3 is 10.1 Å². The second-order valence-electron chi connectivity index (χ2n) is 4.54. The summed E-state index contributed by atoms with van der Waals surface area (Å²) in [6.07, 6.45) is 0.498. The van der Waals surface area contributed by atoms with Gasteiger partial charge in [-0.05, 0) is 37.2 Å². The fraction of sp³-hybridized carbons (Fsp3) is 0.250. The molecule has 4 heteroatoms. The lowest BCUT2D eigenvalue weighted by Crippen LogP contribution is -2.20. The molecule has 0 bridgehead atoms. The zero-order valence-corrected chi connectivity index (χ0v) is 11.5. The lowest BCUT2D eigenvalue weighted by Gasteiger charge is -2.17. The van der Waals surface area contributed by atoms with Crippen molar-refractivity contribution >= 4 is 0 Å². The number of nitrogens with one attached hydrogen (secondary N) is 1. The van der Waals surface area contributed by atoms with Gasteiger partial charge in [0.25, 0.3) is 0 Å². The first kappa shape index (κ1) is 14.5. The van der Waals surface area contributed by atoms with Gasteiger partial charge in [0.05, 0.1) is 7.11 Å². The summed E-state index contributed by atoms with van der Waals surface area (Å²) in [7, 11) is 3.19. The van der Waals surface area contributed by atoms with Crippen LogP contribution < -0.4 is 10.1 Å². The summed E-state index contributed by atoms with van der Waals surface area (Å²) in [6.45, 7) is 0. The molecule has 0 aliphatic carbocycles. The van der Waals surface area contributed by atoms with Crippen molar-refractivity contribution in [3.8, 4) is 5.75 Å². The van der Waals surface area contributed by atoms with E-state index in [-0.39, 0.29) is 17.6 Å². The highest BCUT2D eigenvalue weighted by atomic mass is 19.1. The number of hydrogen-bond acceptors (Lipinski definition) is 2.